The van der Waals surface area contributed by atoms with Crippen molar-refractivity contribution in [2.45, 2.75) is 49.1 Å². The molecule has 0 bridgehead atoms. The van der Waals surface area contributed by atoms with Gasteiger partial charge in [-0.2, -0.15) is 0 Å². The molecule has 1 saturated heterocycles. The van der Waals surface area contributed by atoms with Crippen LogP contribution in [-0.2, 0) is 19.4 Å². The van der Waals surface area contributed by atoms with E-state index in [2.05, 4.69) is 26.3 Å². The van der Waals surface area contributed by atoms with Gasteiger partial charge >= 0.3 is 6.03 Å². The maximum absolute atomic E-state index is 14.8. The Balaban J connectivity index is 1.62. The van der Waals surface area contributed by atoms with Crippen LogP contribution < -0.4 is 21.3 Å². The third kappa shape index (κ3) is 5.14. The van der Waals surface area contributed by atoms with Gasteiger partial charge in [0, 0.05) is 31.1 Å². The molecule has 34 heavy (non-hydrogen) atoms. The highest BCUT2D eigenvalue weighted by Gasteiger charge is 2.39. The van der Waals surface area contributed by atoms with Crippen molar-refractivity contribution in [1.82, 2.24) is 26.3 Å². The number of nitrogens with zero attached hydrogens (tertiary/aromatic N) is 1. The van der Waals surface area contributed by atoms with Crippen LogP contribution in [0.3, 0.4) is 0 Å². The van der Waals surface area contributed by atoms with E-state index >= 15 is 0 Å². The Labute approximate surface area is 200 Å². The fraction of sp³-hybridized carbons (Fsp3) is 0.524. The van der Waals surface area contributed by atoms with Crippen molar-refractivity contribution < 1.29 is 27.2 Å². The largest absolute Gasteiger partial charge is 0.352 e. The predicted molar refractivity (Wildman–Crippen MR) is 125 cm³/mol. The van der Waals surface area contributed by atoms with E-state index in [0.29, 0.717) is 10.3 Å². The van der Waals surface area contributed by atoms with Crippen molar-refractivity contribution in [3.63, 3.8) is 0 Å². The van der Waals surface area contributed by atoms with Gasteiger partial charge in [-0.05, 0) is 38.3 Å². The molecule has 2 fully saturated rings. The molecule has 1 saturated carbocycles. The minimum Gasteiger partial charge on any atom is -0.352 e. The maximum Gasteiger partial charge on any atom is 0.314 e. The summed E-state index contributed by atoms with van der Waals surface area (Å²) in [5, 5.41) is 7.89. The van der Waals surface area contributed by atoms with Crippen LogP contribution in [0.4, 0.5) is 9.18 Å². The van der Waals surface area contributed by atoms with E-state index in [1.165, 1.54) is 19.9 Å². The second-order valence-electron chi connectivity index (χ2n) is 8.76. The number of amides is 4. The van der Waals surface area contributed by atoms with E-state index in [0.717, 1.165) is 24.2 Å². The first-order chi connectivity index (χ1) is 16.1. The van der Waals surface area contributed by atoms with E-state index in [1.54, 1.807) is 6.07 Å². The zero-order chi connectivity index (χ0) is 24.6. The summed E-state index contributed by atoms with van der Waals surface area (Å²) in [5.41, 5.74) is 0.594. The second-order valence-corrected chi connectivity index (χ2v) is 12.4. The molecular formula is C21H26FN5O5S2. The van der Waals surface area contributed by atoms with Crippen LogP contribution in [0.2, 0.25) is 0 Å². The van der Waals surface area contributed by atoms with E-state index in [4.69, 9.17) is 0 Å². The third-order valence-corrected chi connectivity index (χ3v) is 9.44. The van der Waals surface area contributed by atoms with Gasteiger partial charge in [0.05, 0.1) is 22.0 Å². The Hall–Kier alpha value is -2.80. The van der Waals surface area contributed by atoms with Gasteiger partial charge in [-0.25, -0.2) is 22.6 Å². The van der Waals surface area contributed by atoms with Gasteiger partial charge in [-0.1, -0.05) is 0 Å². The molecule has 2 aliphatic rings. The van der Waals surface area contributed by atoms with Crippen molar-refractivity contribution in [3.05, 3.63) is 28.5 Å². The number of nitrogens with one attached hydrogen (secondary N) is 4. The molecule has 184 valence electrons. The van der Waals surface area contributed by atoms with Gasteiger partial charge in [0.1, 0.15) is 10.8 Å². The lowest BCUT2D eigenvalue weighted by atomic mass is 9.97. The SMILES string of the molecule is CC(C)S(=O)(=O)C(C(=O)NCC(=O)NC1CC1)c1nc2cc(F)c(C3CNC(=O)NC3)cc2s1. The standard InChI is InChI=1S/C21H26FN5O5S2/c1-10(2)34(31,32)18(19(29)23-9-17(28)26-12-3-4-12)20-27-15-6-14(22)13(5-16(15)33-20)11-7-24-21(30)25-8-11/h5-6,10-12,18H,3-4,7-9H2,1-2H3,(H,23,29)(H,26,28)(H2,24,25,30). The number of aromatic nitrogens is 1. The number of hydrogen-bond donors (Lipinski definition) is 4. The Morgan fingerprint density at radius 2 is 1.91 bits per heavy atom. The van der Waals surface area contributed by atoms with Crippen molar-refractivity contribution in [2.24, 2.45) is 0 Å². The lowest BCUT2D eigenvalue weighted by Crippen LogP contribution is -2.47. The Kier molecular flexibility index (Phi) is 6.76. The lowest BCUT2D eigenvalue weighted by Gasteiger charge is -2.24. The van der Waals surface area contributed by atoms with Crippen LogP contribution in [-0.4, -0.2) is 62.2 Å². The topological polar surface area (TPSA) is 146 Å². The number of rotatable bonds is 8. The van der Waals surface area contributed by atoms with Gasteiger partial charge in [0.15, 0.2) is 15.1 Å². The van der Waals surface area contributed by atoms with E-state index in [-0.39, 0.29) is 54.1 Å². The van der Waals surface area contributed by atoms with E-state index < -0.39 is 32.1 Å². The quantitative estimate of drug-likeness (QED) is 0.417. The maximum atomic E-state index is 14.8. The van der Waals surface area contributed by atoms with Crippen molar-refractivity contribution >= 4 is 49.2 Å². The summed E-state index contributed by atoms with van der Waals surface area (Å²) in [6, 6.07) is 2.58. The Morgan fingerprint density at radius 3 is 2.53 bits per heavy atom. The molecule has 4 rings (SSSR count). The monoisotopic (exact) mass is 511 g/mol. The molecule has 2 aromatic rings. The molecule has 1 aromatic heterocycles. The van der Waals surface area contributed by atoms with Gasteiger partial charge in [0.2, 0.25) is 11.8 Å². The molecule has 1 atom stereocenters. The van der Waals surface area contributed by atoms with Crippen LogP contribution in [0.5, 0.6) is 0 Å². The van der Waals surface area contributed by atoms with Crippen LogP contribution in [0, 0.1) is 5.82 Å². The van der Waals surface area contributed by atoms with Crippen LogP contribution >= 0.6 is 11.3 Å². The number of halogens is 1. The first-order valence-corrected chi connectivity index (χ1v) is 13.4. The average molecular weight is 512 g/mol. The lowest BCUT2D eigenvalue weighted by molar-refractivity contribution is -0.126. The smallest absolute Gasteiger partial charge is 0.314 e. The first kappa shape index (κ1) is 24.3. The first-order valence-electron chi connectivity index (χ1n) is 11.0. The fourth-order valence-corrected chi connectivity index (χ4v) is 6.42. The highest BCUT2D eigenvalue weighted by atomic mass is 32.2. The van der Waals surface area contributed by atoms with Crippen molar-refractivity contribution in [1.29, 1.82) is 0 Å². The molecule has 4 N–H and O–H groups in total. The molecule has 2 heterocycles. The molecule has 0 radical (unpaired) electrons. The summed E-state index contributed by atoms with van der Waals surface area (Å²) in [7, 11) is -3.99. The molecule has 4 amide bonds. The summed E-state index contributed by atoms with van der Waals surface area (Å²) in [4.78, 5) is 40.5. The minimum atomic E-state index is -3.99. The number of sulfone groups is 1. The number of carbonyl (C=O) groups excluding carboxylic acids is 3. The van der Waals surface area contributed by atoms with Crippen LogP contribution in [0.15, 0.2) is 12.1 Å². The summed E-state index contributed by atoms with van der Waals surface area (Å²) >= 11 is 0.994. The number of carbonyl (C=O) groups is 3. The second kappa shape index (κ2) is 9.45. The van der Waals surface area contributed by atoms with E-state index in [9.17, 15) is 27.2 Å². The zero-order valence-electron chi connectivity index (χ0n) is 18.7. The summed E-state index contributed by atoms with van der Waals surface area (Å²) in [6.07, 6.45) is 1.77. The van der Waals surface area contributed by atoms with Crippen molar-refractivity contribution in [2.75, 3.05) is 19.6 Å². The Morgan fingerprint density at radius 1 is 1.24 bits per heavy atom. The molecule has 10 nitrogen and oxygen atoms in total. The molecule has 1 aromatic carbocycles. The fourth-order valence-electron chi connectivity index (χ4n) is 3.63. The van der Waals surface area contributed by atoms with Gasteiger partial charge in [-0.15, -0.1) is 11.3 Å². The molecule has 1 aliphatic heterocycles. The molecule has 1 aliphatic carbocycles. The summed E-state index contributed by atoms with van der Waals surface area (Å²) in [5.74, 6) is -2.08. The van der Waals surface area contributed by atoms with Gasteiger partial charge < -0.3 is 21.3 Å². The summed E-state index contributed by atoms with van der Waals surface area (Å²) < 4.78 is 41.5. The van der Waals surface area contributed by atoms with Gasteiger partial charge in [-0.3, -0.25) is 9.59 Å². The molecule has 13 heteroatoms. The minimum absolute atomic E-state index is 0.00965. The molecule has 0 spiro atoms. The highest BCUT2D eigenvalue weighted by Crippen LogP contribution is 2.35. The number of fused-ring (bicyclic) bond motifs is 1. The van der Waals surface area contributed by atoms with Crippen LogP contribution in [0.25, 0.3) is 10.2 Å². The molecular weight excluding hydrogens is 485 g/mol. The third-order valence-electron chi connectivity index (χ3n) is 5.79. The van der Waals surface area contributed by atoms with Crippen molar-refractivity contribution in [3.8, 4) is 0 Å². The predicted octanol–water partition coefficient (Wildman–Crippen LogP) is 1.09. The number of thiazole rings is 1. The Bertz CT molecular complexity index is 1230. The van der Waals surface area contributed by atoms with E-state index in [1.807, 2.05) is 0 Å². The highest BCUT2D eigenvalue weighted by molar-refractivity contribution is 7.93. The zero-order valence-corrected chi connectivity index (χ0v) is 20.3. The molecule has 1 unspecified atom stereocenters. The number of hydrogen-bond acceptors (Lipinski definition) is 7. The normalized spacial score (nSPS) is 17.8. The van der Waals surface area contributed by atoms with Gasteiger partial charge in [0.25, 0.3) is 0 Å². The average Bonchev–Trinajstić information content (AvgIpc) is 3.49. The van der Waals surface area contributed by atoms with Crippen LogP contribution in [0.1, 0.15) is 48.4 Å². The number of urea groups is 1. The number of benzene rings is 1. The summed E-state index contributed by atoms with van der Waals surface area (Å²) in [6.45, 7) is 3.10.